The third-order valence-electron chi connectivity index (χ3n) is 3.26. The summed E-state index contributed by atoms with van der Waals surface area (Å²) < 4.78 is 0. The van der Waals surface area contributed by atoms with Crippen LogP contribution >= 0.6 is 0 Å². The Morgan fingerprint density at radius 2 is 0.895 bits per heavy atom. The number of hydrogen-bond donors (Lipinski definition) is 1. The van der Waals surface area contributed by atoms with Gasteiger partial charge in [0.15, 0.2) is 0 Å². The summed E-state index contributed by atoms with van der Waals surface area (Å²) >= 11 is 0. The van der Waals surface area contributed by atoms with Crippen LogP contribution in [-0.4, -0.2) is 17.9 Å². The normalized spacial score (nSPS) is 9.58. The van der Waals surface area contributed by atoms with Gasteiger partial charge >= 0.3 is 6.15 Å². The highest BCUT2D eigenvalue weighted by Crippen LogP contribution is 2.12. The van der Waals surface area contributed by atoms with Gasteiger partial charge in [0, 0.05) is 6.61 Å². The summed E-state index contributed by atoms with van der Waals surface area (Å²) in [5.41, 5.74) is 0. The fourth-order valence-corrected chi connectivity index (χ4v) is 2.13. The third kappa shape index (κ3) is 26.8. The van der Waals surface area contributed by atoms with E-state index in [1.807, 2.05) is 0 Å². The van der Waals surface area contributed by atoms with Gasteiger partial charge in [0.25, 0.3) is 0 Å². The van der Waals surface area contributed by atoms with Crippen molar-refractivity contribution < 1.29 is 14.7 Å². The molecule has 0 atom stereocenters. The molecule has 0 aromatic rings. The van der Waals surface area contributed by atoms with Crippen LogP contribution in [0.5, 0.6) is 0 Å². The van der Waals surface area contributed by atoms with Crippen molar-refractivity contribution >= 4 is 6.15 Å². The SMILES string of the molecule is CCCCCCCCCCCCCCCO.O=C=O. The predicted octanol–water partition coefficient (Wildman–Crippen LogP) is 4.49. The number of unbranched alkanes of at least 4 members (excludes halogenated alkanes) is 12. The molecular weight excluding hydrogens is 240 g/mol. The van der Waals surface area contributed by atoms with Crippen molar-refractivity contribution in [1.29, 1.82) is 0 Å². The molecule has 19 heavy (non-hydrogen) atoms. The molecular formula is C16H32O3. The molecule has 0 aliphatic carbocycles. The van der Waals surface area contributed by atoms with Gasteiger partial charge in [-0.25, -0.2) is 0 Å². The summed E-state index contributed by atoms with van der Waals surface area (Å²) in [5.74, 6) is 0. The monoisotopic (exact) mass is 272 g/mol. The molecule has 0 fully saturated rings. The van der Waals surface area contributed by atoms with E-state index in [0.29, 0.717) is 6.61 Å². The van der Waals surface area contributed by atoms with Crippen molar-refractivity contribution in [3.05, 3.63) is 0 Å². The first-order valence-corrected chi connectivity index (χ1v) is 7.93. The molecule has 0 aliphatic rings. The van der Waals surface area contributed by atoms with Crippen LogP contribution in [0.1, 0.15) is 90.4 Å². The molecule has 0 radical (unpaired) electrons. The lowest BCUT2D eigenvalue weighted by atomic mass is 10.0. The molecule has 0 bridgehead atoms. The van der Waals surface area contributed by atoms with E-state index < -0.39 is 0 Å². The van der Waals surface area contributed by atoms with Crippen LogP contribution in [-0.2, 0) is 9.59 Å². The summed E-state index contributed by atoms with van der Waals surface area (Å²) in [6.45, 7) is 2.65. The topological polar surface area (TPSA) is 54.4 Å². The molecule has 0 aliphatic heterocycles. The third-order valence-corrected chi connectivity index (χ3v) is 3.26. The average Bonchev–Trinajstić information content (AvgIpc) is 2.41. The minimum atomic E-state index is 0.250. The highest BCUT2D eigenvalue weighted by Gasteiger charge is 1.92. The Balaban J connectivity index is 0. The van der Waals surface area contributed by atoms with E-state index in [1.165, 1.54) is 77.0 Å². The summed E-state index contributed by atoms with van der Waals surface area (Å²) in [7, 11) is 0. The minimum Gasteiger partial charge on any atom is -0.396 e. The van der Waals surface area contributed by atoms with E-state index in [0.717, 1.165) is 6.42 Å². The predicted molar refractivity (Wildman–Crippen MR) is 77.8 cm³/mol. The second-order valence-electron chi connectivity index (χ2n) is 5.05. The fraction of sp³-hybridized carbons (Fsp3) is 0.938. The summed E-state index contributed by atoms with van der Waals surface area (Å²) in [5, 5.41) is 8.63. The van der Waals surface area contributed by atoms with Crippen molar-refractivity contribution in [3.8, 4) is 0 Å². The molecule has 0 spiro atoms. The summed E-state index contributed by atoms with van der Waals surface area (Å²) in [6, 6.07) is 0. The Morgan fingerprint density at radius 1 is 0.632 bits per heavy atom. The van der Waals surface area contributed by atoms with E-state index in [1.54, 1.807) is 0 Å². The maximum Gasteiger partial charge on any atom is 0.373 e. The molecule has 0 saturated carbocycles. The van der Waals surface area contributed by atoms with Crippen molar-refractivity contribution in [2.75, 3.05) is 6.61 Å². The average molecular weight is 272 g/mol. The molecule has 3 nitrogen and oxygen atoms in total. The van der Waals surface area contributed by atoms with Gasteiger partial charge in [0.2, 0.25) is 0 Å². The smallest absolute Gasteiger partial charge is 0.373 e. The molecule has 3 heteroatoms. The van der Waals surface area contributed by atoms with Gasteiger partial charge < -0.3 is 5.11 Å². The van der Waals surface area contributed by atoms with Crippen LogP contribution in [0, 0.1) is 0 Å². The van der Waals surface area contributed by atoms with Crippen LogP contribution < -0.4 is 0 Å². The van der Waals surface area contributed by atoms with Gasteiger partial charge in [-0.3, -0.25) is 0 Å². The highest BCUT2D eigenvalue weighted by molar-refractivity contribution is 5.20. The van der Waals surface area contributed by atoms with Gasteiger partial charge in [-0.2, -0.15) is 9.59 Å². The first kappa shape index (κ1) is 20.7. The van der Waals surface area contributed by atoms with Crippen molar-refractivity contribution in [2.45, 2.75) is 90.4 Å². The molecule has 0 amide bonds. The van der Waals surface area contributed by atoms with E-state index in [2.05, 4.69) is 6.92 Å². The first-order chi connectivity index (χ1) is 9.33. The first-order valence-electron chi connectivity index (χ1n) is 7.93. The highest BCUT2D eigenvalue weighted by atomic mass is 16.3. The zero-order valence-electron chi connectivity index (χ0n) is 12.7. The molecule has 0 saturated heterocycles. The second kappa shape index (κ2) is 22.5. The van der Waals surface area contributed by atoms with Gasteiger partial charge in [-0.1, -0.05) is 84.0 Å². The van der Waals surface area contributed by atoms with E-state index in [9.17, 15) is 0 Å². The Bertz CT molecular complexity index is 161. The standard InChI is InChI=1S/C15H32O.CO2/c1-2-3-4-5-6-7-8-9-10-11-12-13-14-15-16;2-1-3/h16H,2-15H2,1H3;. The zero-order chi connectivity index (χ0) is 14.6. The van der Waals surface area contributed by atoms with Crippen LogP contribution in [0.2, 0.25) is 0 Å². The maximum atomic E-state index is 8.63. The molecule has 0 heterocycles. The number of aliphatic hydroxyl groups excluding tert-OH is 1. The van der Waals surface area contributed by atoms with E-state index >= 15 is 0 Å². The minimum absolute atomic E-state index is 0.250. The van der Waals surface area contributed by atoms with Crippen LogP contribution in [0.3, 0.4) is 0 Å². The Morgan fingerprint density at radius 3 is 1.16 bits per heavy atom. The molecule has 0 rings (SSSR count). The lowest BCUT2D eigenvalue weighted by Gasteiger charge is -2.02. The molecule has 114 valence electrons. The fourth-order valence-electron chi connectivity index (χ4n) is 2.13. The van der Waals surface area contributed by atoms with Crippen LogP contribution in [0.25, 0.3) is 0 Å². The zero-order valence-corrected chi connectivity index (χ0v) is 12.7. The van der Waals surface area contributed by atoms with Crippen molar-refractivity contribution in [3.63, 3.8) is 0 Å². The second-order valence-corrected chi connectivity index (χ2v) is 5.05. The van der Waals surface area contributed by atoms with Gasteiger partial charge in [-0.05, 0) is 6.42 Å². The maximum absolute atomic E-state index is 8.63. The summed E-state index contributed by atoms with van der Waals surface area (Å²) in [4.78, 5) is 16.2. The van der Waals surface area contributed by atoms with Gasteiger partial charge in [-0.15, -0.1) is 0 Å². The quantitative estimate of drug-likeness (QED) is 0.503. The largest absolute Gasteiger partial charge is 0.396 e. The number of aliphatic hydroxyl groups is 1. The molecule has 0 aromatic carbocycles. The molecule has 1 N–H and O–H groups in total. The Hall–Kier alpha value is -0.660. The molecule has 0 aromatic heterocycles. The Kier molecular flexibility index (Phi) is 24.5. The van der Waals surface area contributed by atoms with Crippen LogP contribution in [0.15, 0.2) is 0 Å². The van der Waals surface area contributed by atoms with E-state index in [-0.39, 0.29) is 6.15 Å². The van der Waals surface area contributed by atoms with Gasteiger partial charge in [0.05, 0.1) is 0 Å². The number of hydrogen-bond acceptors (Lipinski definition) is 3. The van der Waals surface area contributed by atoms with Gasteiger partial charge in [0.1, 0.15) is 0 Å². The van der Waals surface area contributed by atoms with Crippen molar-refractivity contribution in [2.24, 2.45) is 0 Å². The number of rotatable bonds is 13. The lowest BCUT2D eigenvalue weighted by Crippen LogP contribution is -1.84. The van der Waals surface area contributed by atoms with Crippen LogP contribution in [0.4, 0.5) is 0 Å². The lowest BCUT2D eigenvalue weighted by molar-refractivity contribution is -0.191. The van der Waals surface area contributed by atoms with E-state index in [4.69, 9.17) is 14.7 Å². The Labute approximate surface area is 118 Å². The molecule has 0 unspecified atom stereocenters. The van der Waals surface area contributed by atoms with Crippen molar-refractivity contribution in [1.82, 2.24) is 0 Å². The summed E-state index contributed by atoms with van der Waals surface area (Å²) in [6.07, 6.45) is 18.0. The number of carbonyl (C=O) groups excluding carboxylic acids is 2.